The van der Waals surface area contributed by atoms with E-state index in [0.29, 0.717) is 24.6 Å². The molecule has 0 aliphatic carbocycles. The number of rotatable bonds is 9. The standard InChI is InChI=1S/C28H39N3O3.ClH.H2O/c1-20(2)30-26(33)17-29-27(34)23(15-22-9-6-5-7-10-22)19-31-14-13-28(4,21(3)18-31)24-11-8-12-25(32)16-24;;/h5-12,16,20-21,23,32H,13-15,17-19H2,1-4H3,(H,29,34)(H,30,33);1H;1H2. The Kier molecular flexibility index (Phi) is 12.4. The van der Waals surface area contributed by atoms with Crippen molar-refractivity contribution in [1.82, 2.24) is 15.5 Å². The van der Waals surface area contributed by atoms with E-state index in [4.69, 9.17) is 0 Å². The first-order valence-corrected chi connectivity index (χ1v) is 12.3. The lowest BCUT2D eigenvalue weighted by Crippen LogP contribution is -2.50. The van der Waals surface area contributed by atoms with Gasteiger partial charge in [0.2, 0.25) is 11.8 Å². The SMILES string of the molecule is CC(C)NC(=O)CNC(=O)C(Cc1ccccc1)CN1CCC(C)(c2cccc(O)c2)C(C)C1.Cl.O. The first kappa shape index (κ1) is 31.4. The van der Waals surface area contributed by atoms with E-state index in [9.17, 15) is 14.7 Å². The number of carbonyl (C=O) groups is 2. The van der Waals surface area contributed by atoms with Crippen molar-refractivity contribution < 1.29 is 20.2 Å². The number of aromatic hydroxyl groups is 1. The fourth-order valence-corrected chi connectivity index (χ4v) is 4.91. The molecule has 1 fully saturated rings. The quantitative estimate of drug-likeness (QED) is 0.472. The molecule has 0 aromatic heterocycles. The number of phenolic OH excluding ortho intramolecular Hbond substituents is 1. The van der Waals surface area contributed by atoms with E-state index in [1.54, 1.807) is 6.07 Å². The Balaban J connectivity index is 0.00000324. The lowest BCUT2D eigenvalue weighted by molar-refractivity contribution is -0.129. The van der Waals surface area contributed by atoms with Gasteiger partial charge in [-0.3, -0.25) is 9.59 Å². The molecular weight excluding hydrogens is 478 g/mol. The van der Waals surface area contributed by atoms with E-state index in [2.05, 4.69) is 35.4 Å². The highest BCUT2D eigenvalue weighted by molar-refractivity contribution is 5.86. The summed E-state index contributed by atoms with van der Waals surface area (Å²) in [4.78, 5) is 27.6. The van der Waals surface area contributed by atoms with E-state index in [1.807, 2.05) is 56.3 Å². The van der Waals surface area contributed by atoms with Crippen LogP contribution in [0.1, 0.15) is 45.2 Å². The van der Waals surface area contributed by atoms with Crippen molar-refractivity contribution in [3.63, 3.8) is 0 Å². The van der Waals surface area contributed by atoms with Crippen LogP contribution in [0.5, 0.6) is 5.75 Å². The van der Waals surface area contributed by atoms with Crippen molar-refractivity contribution in [2.45, 2.75) is 52.0 Å². The Morgan fingerprint density at radius 3 is 2.44 bits per heavy atom. The maximum Gasteiger partial charge on any atom is 0.239 e. The van der Waals surface area contributed by atoms with E-state index in [0.717, 1.165) is 30.6 Å². The molecule has 5 N–H and O–H groups in total. The van der Waals surface area contributed by atoms with Crippen LogP contribution in [0.25, 0.3) is 0 Å². The number of nitrogens with one attached hydrogen (secondary N) is 2. The molecule has 0 radical (unpaired) electrons. The van der Waals surface area contributed by atoms with Gasteiger partial charge in [-0.15, -0.1) is 12.4 Å². The zero-order valence-electron chi connectivity index (χ0n) is 21.8. The molecule has 0 spiro atoms. The predicted octanol–water partition coefficient (Wildman–Crippen LogP) is 3.09. The number of likely N-dealkylation sites (tertiary alicyclic amines) is 1. The van der Waals surface area contributed by atoms with Crippen LogP contribution in [0.4, 0.5) is 0 Å². The molecule has 0 saturated carbocycles. The van der Waals surface area contributed by atoms with Crippen LogP contribution in [0.15, 0.2) is 54.6 Å². The summed E-state index contributed by atoms with van der Waals surface area (Å²) in [7, 11) is 0. The van der Waals surface area contributed by atoms with Crippen molar-refractivity contribution in [2.24, 2.45) is 11.8 Å². The number of hydrogen-bond donors (Lipinski definition) is 3. The summed E-state index contributed by atoms with van der Waals surface area (Å²) in [5, 5.41) is 15.6. The molecule has 1 aliphatic heterocycles. The van der Waals surface area contributed by atoms with Crippen LogP contribution in [0.3, 0.4) is 0 Å². The van der Waals surface area contributed by atoms with Gasteiger partial charge in [-0.2, -0.15) is 0 Å². The average molecular weight is 520 g/mol. The van der Waals surface area contributed by atoms with Crippen LogP contribution >= 0.6 is 12.4 Å². The normalized spacial score (nSPS) is 20.5. The van der Waals surface area contributed by atoms with Gasteiger partial charge < -0.3 is 26.1 Å². The summed E-state index contributed by atoms with van der Waals surface area (Å²) in [6.45, 7) is 10.7. The second-order valence-corrected chi connectivity index (χ2v) is 10.2. The number of carbonyl (C=O) groups excluding carboxylic acids is 2. The number of nitrogens with zero attached hydrogens (tertiary/aromatic N) is 1. The third kappa shape index (κ3) is 8.50. The Hall–Kier alpha value is -2.61. The summed E-state index contributed by atoms with van der Waals surface area (Å²) in [6, 6.07) is 17.7. The monoisotopic (exact) mass is 519 g/mol. The summed E-state index contributed by atoms with van der Waals surface area (Å²) in [6.07, 6.45) is 1.58. The number of amides is 2. The predicted molar refractivity (Wildman–Crippen MR) is 146 cm³/mol. The fourth-order valence-electron chi connectivity index (χ4n) is 4.91. The van der Waals surface area contributed by atoms with E-state index in [-0.39, 0.29) is 53.6 Å². The highest BCUT2D eigenvalue weighted by Gasteiger charge is 2.39. The topological polar surface area (TPSA) is 113 Å². The van der Waals surface area contributed by atoms with Crippen LogP contribution in [-0.2, 0) is 21.4 Å². The zero-order chi connectivity index (χ0) is 24.7. The van der Waals surface area contributed by atoms with Gasteiger partial charge in [0, 0.05) is 19.1 Å². The van der Waals surface area contributed by atoms with E-state index < -0.39 is 0 Å². The van der Waals surface area contributed by atoms with Gasteiger partial charge in [-0.25, -0.2) is 0 Å². The lowest BCUT2D eigenvalue weighted by Gasteiger charge is -2.45. The highest BCUT2D eigenvalue weighted by Crippen LogP contribution is 2.40. The number of hydrogen-bond acceptors (Lipinski definition) is 4. The van der Waals surface area contributed by atoms with Crippen molar-refractivity contribution in [3.8, 4) is 5.75 Å². The number of phenols is 1. The molecule has 1 saturated heterocycles. The molecule has 2 aromatic carbocycles. The summed E-state index contributed by atoms with van der Waals surface area (Å²) >= 11 is 0. The highest BCUT2D eigenvalue weighted by atomic mass is 35.5. The second kappa shape index (κ2) is 14.2. The largest absolute Gasteiger partial charge is 0.508 e. The molecule has 7 nitrogen and oxygen atoms in total. The second-order valence-electron chi connectivity index (χ2n) is 10.2. The third-order valence-corrected chi connectivity index (χ3v) is 7.12. The molecule has 36 heavy (non-hydrogen) atoms. The van der Waals surface area contributed by atoms with E-state index in [1.165, 1.54) is 0 Å². The van der Waals surface area contributed by atoms with Gasteiger partial charge in [-0.05, 0) is 67.8 Å². The molecule has 0 bridgehead atoms. The van der Waals surface area contributed by atoms with Crippen molar-refractivity contribution >= 4 is 24.2 Å². The molecule has 3 atom stereocenters. The molecule has 1 heterocycles. The first-order chi connectivity index (χ1) is 16.2. The van der Waals surface area contributed by atoms with Gasteiger partial charge in [0.15, 0.2) is 0 Å². The molecule has 3 rings (SSSR count). The van der Waals surface area contributed by atoms with Gasteiger partial charge in [0.05, 0.1) is 12.5 Å². The van der Waals surface area contributed by atoms with Gasteiger partial charge in [0.25, 0.3) is 0 Å². The fraction of sp³-hybridized carbons (Fsp3) is 0.500. The molecule has 2 aromatic rings. The van der Waals surface area contributed by atoms with Gasteiger partial charge in [-0.1, -0.05) is 56.3 Å². The maximum absolute atomic E-state index is 13.1. The molecule has 1 aliphatic rings. The van der Waals surface area contributed by atoms with Gasteiger partial charge in [0.1, 0.15) is 5.75 Å². The Morgan fingerprint density at radius 2 is 1.83 bits per heavy atom. The van der Waals surface area contributed by atoms with E-state index >= 15 is 0 Å². The summed E-state index contributed by atoms with van der Waals surface area (Å²) < 4.78 is 0. The van der Waals surface area contributed by atoms with Crippen LogP contribution < -0.4 is 10.6 Å². The average Bonchev–Trinajstić information content (AvgIpc) is 2.80. The van der Waals surface area contributed by atoms with Crippen LogP contribution in [0, 0.1) is 11.8 Å². The van der Waals surface area contributed by atoms with Crippen LogP contribution in [0.2, 0.25) is 0 Å². The third-order valence-electron chi connectivity index (χ3n) is 7.12. The van der Waals surface area contributed by atoms with Gasteiger partial charge >= 0.3 is 0 Å². The Morgan fingerprint density at radius 1 is 1.14 bits per heavy atom. The minimum atomic E-state index is -0.244. The molecule has 200 valence electrons. The summed E-state index contributed by atoms with van der Waals surface area (Å²) in [5.41, 5.74) is 2.25. The minimum Gasteiger partial charge on any atom is -0.508 e. The van der Waals surface area contributed by atoms with Crippen LogP contribution in [-0.4, -0.2) is 59.5 Å². The smallest absolute Gasteiger partial charge is 0.239 e. The Labute approximate surface area is 221 Å². The number of benzene rings is 2. The molecule has 3 unspecified atom stereocenters. The van der Waals surface area contributed by atoms with Crippen molar-refractivity contribution in [2.75, 3.05) is 26.2 Å². The lowest BCUT2D eigenvalue weighted by atomic mass is 9.68. The molecular formula is C28H42ClN3O4. The Bertz CT molecular complexity index is 972. The molecule has 2 amide bonds. The zero-order valence-corrected chi connectivity index (χ0v) is 22.6. The van der Waals surface area contributed by atoms with Crippen molar-refractivity contribution in [3.05, 3.63) is 65.7 Å². The molecule has 8 heteroatoms. The number of piperidine rings is 1. The first-order valence-electron chi connectivity index (χ1n) is 12.3. The van der Waals surface area contributed by atoms with Crippen molar-refractivity contribution in [1.29, 1.82) is 0 Å². The number of halogens is 1. The minimum absolute atomic E-state index is 0. The maximum atomic E-state index is 13.1. The summed E-state index contributed by atoms with van der Waals surface area (Å²) in [5.74, 6) is 0.161.